The van der Waals surface area contributed by atoms with Gasteiger partial charge in [-0.15, -0.1) is 0 Å². The summed E-state index contributed by atoms with van der Waals surface area (Å²) in [6.07, 6.45) is 14.4. The van der Waals surface area contributed by atoms with Crippen molar-refractivity contribution < 1.29 is 10.2 Å². The number of aliphatic hydroxyl groups is 2. The molecule has 0 saturated heterocycles. The van der Waals surface area contributed by atoms with Gasteiger partial charge in [-0.1, -0.05) is 56.3 Å². The van der Waals surface area contributed by atoms with Crippen LogP contribution in [0.4, 0.5) is 0 Å². The molecule has 0 amide bonds. The Bertz CT molecular complexity index is 772. The molecule has 4 aliphatic carbocycles. The van der Waals surface area contributed by atoms with Crippen LogP contribution in [0.25, 0.3) is 6.08 Å². The Morgan fingerprint density at radius 1 is 0.897 bits per heavy atom. The van der Waals surface area contributed by atoms with Gasteiger partial charge in [0.05, 0.1) is 11.7 Å². The molecule has 0 bridgehead atoms. The third-order valence-electron chi connectivity index (χ3n) is 10.2. The summed E-state index contributed by atoms with van der Waals surface area (Å²) in [7, 11) is 0. The van der Waals surface area contributed by atoms with E-state index in [2.05, 4.69) is 50.3 Å². The first-order valence-corrected chi connectivity index (χ1v) is 12.0. The van der Waals surface area contributed by atoms with E-state index in [-0.39, 0.29) is 11.5 Å². The molecular weight excluding hydrogens is 356 g/mol. The molecule has 1 aromatic carbocycles. The highest BCUT2D eigenvalue weighted by Crippen LogP contribution is 2.68. The van der Waals surface area contributed by atoms with Gasteiger partial charge >= 0.3 is 0 Å². The van der Waals surface area contributed by atoms with E-state index in [1.54, 1.807) is 0 Å². The lowest BCUT2D eigenvalue weighted by Gasteiger charge is -2.61. The Morgan fingerprint density at radius 3 is 2.45 bits per heavy atom. The molecule has 0 radical (unpaired) electrons. The number of fused-ring (bicyclic) bond motifs is 5. The highest BCUT2D eigenvalue weighted by atomic mass is 16.3. The average molecular weight is 395 g/mol. The second-order valence-corrected chi connectivity index (χ2v) is 11.2. The number of aliphatic hydroxyl groups excluding tert-OH is 1. The van der Waals surface area contributed by atoms with Crippen LogP contribution in [0.1, 0.15) is 77.2 Å². The summed E-state index contributed by atoms with van der Waals surface area (Å²) in [6, 6.07) is 10.4. The maximum atomic E-state index is 11.8. The van der Waals surface area contributed by atoms with Crippen molar-refractivity contribution in [2.75, 3.05) is 0 Å². The first-order valence-electron chi connectivity index (χ1n) is 12.0. The number of rotatable bonds is 2. The molecule has 4 saturated carbocycles. The van der Waals surface area contributed by atoms with Crippen molar-refractivity contribution in [2.24, 2.45) is 34.5 Å². The van der Waals surface area contributed by atoms with Crippen LogP contribution in [0.2, 0.25) is 0 Å². The summed E-state index contributed by atoms with van der Waals surface area (Å²) in [5.74, 6) is 2.88. The zero-order chi connectivity index (χ0) is 20.3. The average Bonchev–Trinajstić information content (AvgIpc) is 2.99. The summed E-state index contributed by atoms with van der Waals surface area (Å²) in [5.41, 5.74) is 0.898. The van der Waals surface area contributed by atoms with Crippen molar-refractivity contribution in [3.05, 3.63) is 42.0 Å². The maximum Gasteiger partial charge on any atom is 0.0887 e. The van der Waals surface area contributed by atoms with Gasteiger partial charge in [-0.25, -0.2) is 0 Å². The van der Waals surface area contributed by atoms with Crippen LogP contribution in [0.3, 0.4) is 0 Å². The molecule has 1 aromatic rings. The van der Waals surface area contributed by atoms with Crippen LogP contribution in [0.5, 0.6) is 0 Å². The van der Waals surface area contributed by atoms with E-state index < -0.39 is 5.60 Å². The summed E-state index contributed by atoms with van der Waals surface area (Å²) < 4.78 is 0. The van der Waals surface area contributed by atoms with Crippen molar-refractivity contribution in [1.29, 1.82) is 0 Å². The van der Waals surface area contributed by atoms with Gasteiger partial charge in [-0.2, -0.15) is 0 Å². The predicted octanol–water partition coefficient (Wildman–Crippen LogP) is 5.83. The molecule has 0 aromatic heterocycles. The molecule has 0 spiro atoms. The topological polar surface area (TPSA) is 40.5 Å². The third-order valence-corrected chi connectivity index (χ3v) is 10.2. The molecule has 5 rings (SSSR count). The Balaban J connectivity index is 1.40. The molecule has 2 heteroatoms. The fraction of sp³-hybridized carbons (Fsp3) is 0.704. The Morgan fingerprint density at radius 2 is 1.66 bits per heavy atom. The van der Waals surface area contributed by atoms with E-state index in [0.717, 1.165) is 43.9 Å². The van der Waals surface area contributed by atoms with Crippen molar-refractivity contribution in [2.45, 2.75) is 83.3 Å². The fourth-order valence-corrected chi connectivity index (χ4v) is 8.36. The molecule has 29 heavy (non-hydrogen) atoms. The van der Waals surface area contributed by atoms with E-state index >= 15 is 0 Å². The number of hydrogen-bond acceptors (Lipinski definition) is 2. The lowest BCUT2D eigenvalue weighted by atomic mass is 9.44. The summed E-state index contributed by atoms with van der Waals surface area (Å²) in [6.45, 7) is 4.93. The van der Waals surface area contributed by atoms with Crippen LogP contribution in [-0.2, 0) is 0 Å². The monoisotopic (exact) mass is 394 g/mol. The molecule has 2 N–H and O–H groups in total. The minimum absolute atomic E-state index is 0.00315. The molecule has 0 heterocycles. The van der Waals surface area contributed by atoms with E-state index in [9.17, 15) is 10.2 Å². The molecule has 158 valence electrons. The maximum absolute atomic E-state index is 11.8. The van der Waals surface area contributed by atoms with Crippen molar-refractivity contribution in [3.63, 3.8) is 0 Å². The molecular formula is C27H38O2. The third kappa shape index (κ3) is 2.97. The Labute approximate surface area is 176 Å². The zero-order valence-electron chi connectivity index (χ0n) is 18.2. The molecule has 0 aliphatic heterocycles. The highest BCUT2D eigenvalue weighted by molar-refractivity contribution is 5.51. The second-order valence-electron chi connectivity index (χ2n) is 11.2. The van der Waals surface area contributed by atoms with Gasteiger partial charge in [0, 0.05) is 5.41 Å². The normalized spacial score (nSPS) is 49.4. The summed E-state index contributed by atoms with van der Waals surface area (Å²) in [4.78, 5) is 0. The van der Waals surface area contributed by atoms with Gasteiger partial charge in [0.1, 0.15) is 0 Å². The largest absolute Gasteiger partial charge is 0.393 e. The van der Waals surface area contributed by atoms with E-state index in [1.165, 1.54) is 31.2 Å². The standard InChI is InChI=1S/C27H38O2/c1-25-14-11-21(28)18-20(25)8-9-22-23(25)12-15-26(2)24(22)13-17-27(26,29)16-10-19-6-4-3-5-7-19/h3-7,10,16,20-24,28-29H,8-9,11-15,17-18H2,1-2H3/b16-10+/t20-,21-,22-,23+,24+,25-,26+,27-/m0/s1. The van der Waals surface area contributed by atoms with Gasteiger partial charge in [0.15, 0.2) is 0 Å². The highest BCUT2D eigenvalue weighted by Gasteiger charge is 2.63. The molecule has 8 atom stereocenters. The van der Waals surface area contributed by atoms with Crippen LogP contribution in [0.15, 0.2) is 36.4 Å². The zero-order valence-corrected chi connectivity index (χ0v) is 18.2. The smallest absolute Gasteiger partial charge is 0.0887 e. The van der Waals surface area contributed by atoms with Gasteiger partial charge in [0.25, 0.3) is 0 Å². The van der Waals surface area contributed by atoms with Crippen molar-refractivity contribution in [1.82, 2.24) is 0 Å². The van der Waals surface area contributed by atoms with Crippen LogP contribution in [0, 0.1) is 34.5 Å². The molecule has 4 fully saturated rings. The molecule has 4 aliphatic rings. The van der Waals surface area contributed by atoms with E-state index in [4.69, 9.17) is 0 Å². The van der Waals surface area contributed by atoms with E-state index in [1.807, 2.05) is 6.07 Å². The van der Waals surface area contributed by atoms with Gasteiger partial charge in [-0.3, -0.25) is 0 Å². The van der Waals surface area contributed by atoms with Crippen molar-refractivity contribution >= 4 is 6.08 Å². The first kappa shape index (κ1) is 19.8. The lowest BCUT2D eigenvalue weighted by molar-refractivity contribution is -0.146. The predicted molar refractivity (Wildman–Crippen MR) is 118 cm³/mol. The van der Waals surface area contributed by atoms with Gasteiger partial charge in [0.2, 0.25) is 0 Å². The van der Waals surface area contributed by atoms with E-state index in [0.29, 0.717) is 17.3 Å². The minimum atomic E-state index is -0.682. The quantitative estimate of drug-likeness (QED) is 0.662. The van der Waals surface area contributed by atoms with Crippen LogP contribution < -0.4 is 0 Å². The second kappa shape index (κ2) is 6.95. The molecule has 0 unspecified atom stereocenters. The lowest BCUT2D eigenvalue weighted by Crippen LogP contribution is -2.56. The van der Waals surface area contributed by atoms with Gasteiger partial charge < -0.3 is 10.2 Å². The summed E-state index contributed by atoms with van der Waals surface area (Å²) >= 11 is 0. The van der Waals surface area contributed by atoms with Crippen LogP contribution in [-0.4, -0.2) is 21.9 Å². The van der Waals surface area contributed by atoms with Crippen molar-refractivity contribution in [3.8, 4) is 0 Å². The Kier molecular flexibility index (Phi) is 4.75. The minimum Gasteiger partial charge on any atom is -0.393 e. The number of hydrogen-bond donors (Lipinski definition) is 2. The van der Waals surface area contributed by atoms with Gasteiger partial charge in [-0.05, 0) is 92.4 Å². The SMILES string of the molecule is C[C@]12CC[C@H](O)C[C@@H]1CC[C@H]1[C@H]2CC[C@]2(C)[C@@H]1CC[C@@]2(O)/C=C/c1ccccc1. The molecule has 2 nitrogen and oxygen atoms in total. The van der Waals surface area contributed by atoms with Crippen LogP contribution >= 0.6 is 0 Å². The first-order chi connectivity index (χ1) is 13.9. The Hall–Kier alpha value is -1.12. The fourth-order valence-electron chi connectivity index (χ4n) is 8.36. The number of benzene rings is 1. The summed E-state index contributed by atoms with van der Waals surface area (Å²) in [5, 5.41) is 22.0.